The lowest BCUT2D eigenvalue weighted by Crippen LogP contribution is -2.26. The second kappa shape index (κ2) is 7.95. The van der Waals surface area contributed by atoms with E-state index >= 15 is 0 Å². The van der Waals surface area contributed by atoms with Gasteiger partial charge in [-0.25, -0.2) is 0 Å². The van der Waals surface area contributed by atoms with Gasteiger partial charge >= 0.3 is 0 Å². The second-order valence-electron chi connectivity index (χ2n) is 7.36. The van der Waals surface area contributed by atoms with Gasteiger partial charge in [0.2, 0.25) is 0 Å². The molecule has 2 aliphatic rings. The molecule has 2 heterocycles. The van der Waals surface area contributed by atoms with Crippen LogP contribution in [0.4, 0.5) is 5.69 Å². The van der Waals surface area contributed by atoms with Gasteiger partial charge in [-0.1, -0.05) is 31.0 Å². The van der Waals surface area contributed by atoms with Crippen LogP contribution in [0.2, 0.25) is 0 Å². The molecule has 1 amide bonds. The predicted octanol–water partition coefficient (Wildman–Crippen LogP) is 3.79. The predicted molar refractivity (Wildman–Crippen MR) is 107 cm³/mol. The molecule has 1 aromatic carbocycles. The van der Waals surface area contributed by atoms with E-state index in [4.69, 9.17) is 4.74 Å². The van der Waals surface area contributed by atoms with Crippen LogP contribution < -0.4 is 10.1 Å². The van der Waals surface area contributed by atoms with Crippen molar-refractivity contribution in [1.29, 1.82) is 0 Å². The van der Waals surface area contributed by atoms with Gasteiger partial charge in [0.1, 0.15) is 11.6 Å². The number of ketones is 1. The normalized spacial score (nSPS) is 18.1. The van der Waals surface area contributed by atoms with E-state index in [0.29, 0.717) is 23.0 Å². The molecule has 1 atom stereocenters. The van der Waals surface area contributed by atoms with Crippen molar-refractivity contribution in [3.63, 3.8) is 0 Å². The van der Waals surface area contributed by atoms with Gasteiger partial charge in [0.05, 0.1) is 10.9 Å². The average molecular weight is 401 g/mol. The molecule has 28 heavy (non-hydrogen) atoms. The molecule has 1 aliphatic heterocycles. The Labute approximate surface area is 168 Å². The van der Waals surface area contributed by atoms with Crippen molar-refractivity contribution in [3.8, 4) is 5.75 Å². The number of nitrogens with zero attached hydrogens (tertiary/aromatic N) is 3. The fraction of sp³-hybridized carbons (Fsp3) is 0.500. The van der Waals surface area contributed by atoms with Gasteiger partial charge < -0.3 is 14.6 Å². The topological polar surface area (TPSA) is 86.1 Å². The van der Waals surface area contributed by atoms with Crippen LogP contribution in [-0.2, 0) is 4.79 Å². The first-order valence-electron chi connectivity index (χ1n) is 9.72. The van der Waals surface area contributed by atoms with E-state index in [-0.39, 0.29) is 23.5 Å². The highest BCUT2D eigenvalue weighted by Gasteiger charge is 2.26. The SMILES string of the molecule is Cc1nnc(S[C@H](C)C(=O)c2ccc3c(c2)NC(=O)CO3)n1C1CCCCC1. The van der Waals surface area contributed by atoms with E-state index in [1.165, 1.54) is 31.0 Å². The molecule has 4 rings (SSSR count). The zero-order chi connectivity index (χ0) is 19.7. The molecule has 0 radical (unpaired) electrons. The van der Waals surface area contributed by atoms with Crippen molar-refractivity contribution in [2.45, 2.75) is 62.4 Å². The van der Waals surface area contributed by atoms with Crippen LogP contribution in [0, 0.1) is 6.92 Å². The summed E-state index contributed by atoms with van der Waals surface area (Å²) in [7, 11) is 0. The van der Waals surface area contributed by atoms with E-state index in [9.17, 15) is 9.59 Å². The van der Waals surface area contributed by atoms with Crippen molar-refractivity contribution in [1.82, 2.24) is 14.8 Å². The fourth-order valence-corrected chi connectivity index (χ4v) is 4.91. The molecule has 1 aromatic heterocycles. The number of anilines is 1. The van der Waals surface area contributed by atoms with E-state index < -0.39 is 0 Å². The highest BCUT2D eigenvalue weighted by atomic mass is 32.2. The van der Waals surface area contributed by atoms with Crippen LogP contribution in [0.3, 0.4) is 0 Å². The second-order valence-corrected chi connectivity index (χ2v) is 8.67. The Kier molecular flexibility index (Phi) is 5.39. The van der Waals surface area contributed by atoms with Gasteiger partial charge in [0, 0.05) is 11.6 Å². The largest absolute Gasteiger partial charge is 0.482 e. The number of carbonyl (C=O) groups is 2. The van der Waals surface area contributed by atoms with Crippen LogP contribution in [-0.4, -0.2) is 38.3 Å². The number of Topliss-reactive ketones (excluding diaryl/α,β-unsaturated/α-hetero) is 1. The smallest absolute Gasteiger partial charge is 0.262 e. The quantitative estimate of drug-likeness (QED) is 0.607. The summed E-state index contributed by atoms with van der Waals surface area (Å²) in [6.07, 6.45) is 6.01. The van der Waals surface area contributed by atoms with E-state index in [0.717, 1.165) is 23.8 Å². The zero-order valence-electron chi connectivity index (χ0n) is 16.1. The number of carbonyl (C=O) groups excluding carboxylic acids is 2. The molecule has 2 aromatic rings. The number of ether oxygens (including phenoxy) is 1. The molecule has 1 aliphatic carbocycles. The maximum Gasteiger partial charge on any atom is 0.262 e. The van der Waals surface area contributed by atoms with Crippen LogP contribution in [0.25, 0.3) is 0 Å². The van der Waals surface area contributed by atoms with Crippen LogP contribution >= 0.6 is 11.8 Å². The number of thioether (sulfide) groups is 1. The van der Waals surface area contributed by atoms with Gasteiger partial charge in [-0.05, 0) is 44.9 Å². The number of nitrogens with one attached hydrogen (secondary N) is 1. The Morgan fingerprint density at radius 1 is 1.29 bits per heavy atom. The standard InChI is InChI=1S/C20H24N4O3S/c1-12(19(26)14-8-9-17-16(10-14)21-18(25)11-27-17)28-20-23-22-13(2)24(20)15-6-4-3-5-7-15/h8-10,12,15H,3-7,11H2,1-2H3,(H,21,25)/t12-/m1/s1. The minimum atomic E-state index is -0.316. The van der Waals surface area contributed by atoms with Crippen LogP contribution in [0.5, 0.6) is 5.75 Å². The summed E-state index contributed by atoms with van der Waals surface area (Å²) in [6, 6.07) is 5.58. The Balaban J connectivity index is 1.51. The van der Waals surface area contributed by atoms with Gasteiger partial charge in [-0.15, -0.1) is 10.2 Å². The first kappa shape index (κ1) is 19.0. The van der Waals surface area contributed by atoms with Gasteiger partial charge in [-0.2, -0.15) is 0 Å². The highest BCUT2D eigenvalue weighted by Crippen LogP contribution is 2.35. The molecule has 0 bridgehead atoms. The molecule has 1 saturated carbocycles. The highest BCUT2D eigenvalue weighted by molar-refractivity contribution is 8.00. The summed E-state index contributed by atoms with van der Waals surface area (Å²) in [6.45, 7) is 3.86. The number of hydrogen-bond acceptors (Lipinski definition) is 6. The molecule has 8 heteroatoms. The van der Waals surface area contributed by atoms with Crippen molar-refractivity contribution in [2.24, 2.45) is 0 Å². The first-order valence-corrected chi connectivity index (χ1v) is 10.6. The third kappa shape index (κ3) is 3.78. The van der Waals surface area contributed by atoms with E-state index in [2.05, 4.69) is 20.1 Å². The lowest BCUT2D eigenvalue weighted by atomic mass is 9.95. The fourth-order valence-electron chi connectivity index (χ4n) is 3.87. The number of amides is 1. The summed E-state index contributed by atoms with van der Waals surface area (Å²) in [5, 5.41) is 11.8. The molecular formula is C20H24N4O3S. The van der Waals surface area contributed by atoms with Crippen LogP contribution in [0.1, 0.15) is 61.3 Å². The molecular weight excluding hydrogens is 376 g/mol. The Morgan fingerprint density at radius 3 is 2.86 bits per heavy atom. The van der Waals surface area contributed by atoms with Crippen molar-refractivity contribution >= 4 is 29.1 Å². The minimum Gasteiger partial charge on any atom is -0.482 e. The van der Waals surface area contributed by atoms with Gasteiger partial charge in [-0.3, -0.25) is 9.59 Å². The zero-order valence-corrected chi connectivity index (χ0v) is 16.9. The molecule has 1 N–H and O–H groups in total. The molecule has 148 valence electrons. The third-order valence-electron chi connectivity index (χ3n) is 5.32. The summed E-state index contributed by atoms with van der Waals surface area (Å²) < 4.78 is 7.56. The first-order chi connectivity index (χ1) is 13.5. The summed E-state index contributed by atoms with van der Waals surface area (Å²) >= 11 is 1.45. The molecule has 1 fully saturated rings. The lowest BCUT2D eigenvalue weighted by Gasteiger charge is -2.25. The van der Waals surface area contributed by atoms with Crippen molar-refractivity contribution in [3.05, 3.63) is 29.6 Å². The monoisotopic (exact) mass is 400 g/mol. The maximum atomic E-state index is 13.0. The summed E-state index contributed by atoms with van der Waals surface area (Å²) in [4.78, 5) is 24.5. The van der Waals surface area contributed by atoms with E-state index in [1.807, 2.05) is 13.8 Å². The number of benzene rings is 1. The minimum absolute atomic E-state index is 0.00270. The number of rotatable bonds is 5. The maximum absolute atomic E-state index is 13.0. The molecule has 0 spiro atoms. The Bertz CT molecular complexity index is 905. The number of aromatic nitrogens is 3. The number of fused-ring (bicyclic) bond motifs is 1. The molecule has 7 nitrogen and oxygen atoms in total. The van der Waals surface area contributed by atoms with Gasteiger partial charge in [0.25, 0.3) is 5.91 Å². The van der Waals surface area contributed by atoms with E-state index in [1.54, 1.807) is 18.2 Å². The van der Waals surface area contributed by atoms with Gasteiger partial charge in [0.15, 0.2) is 17.5 Å². The van der Waals surface area contributed by atoms with Crippen molar-refractivity contribution < 1.29 is 14.3 Å². The summed E-state index contributed by atoms with van der Waals surface area (Å²) in [5.74, 6) is 1.27. The molecule has 0 saturated heterocycles. The van der Waals surface area contributed by atoms with Crippen molar-refractivity contribution in [2.75, 3.05) is 11.9 Å². The average Bonchev–Trinajstić information content (AvgIpc) is 3.07. The number of hydrogen-bond donors (Lipinski definition) is 1. The van der Waals surface area contributed by atoms with Crippen LogP contribution in [0.15, 0.2) is 23.4 Å². The molecule has 0 unspecified atom stereocenters. The third-order valence-corrected chi connectivity index (χ3v) is 6.38. The Hall–Kier alpha value is -2.35. The summed E-state index contributed by atoms with van der Waals surface area (Å²) in [5.41, 5.74) is 1.09. The Morgan fingerprint density at radius 2 is 2.07 bits per heavy atom. The lowest BCUT2D eigenvalue weighted by molar-refractivity contribution is -0.118. The number of aryl methyl sites for hydroxylation is 1.